The summed E-state index contributed by atoms with van der Waals surface area (Å²) in [4.78, 5) is 23.2. The Balaban J connectivity index is 1.84. The van der Waals surface area contributed by atoms with Gasteiger partial charge in [0.15, 0.2) is 5.78 Å². The molecule has 3 rings (SSSR count). The van der Waals surface area contributed by atoms with E-state index in [1.54, 1.807) is 17.7 Å². The molecule has 0 unspecified atom stereocenters. The molecule has 0 radical (unpaired) electrons. The number of benzene rings is 1. The number of hydrogen-bond acceptors (Lipinski definition) is 5. The number of ketones is 1. The lowest BCUT2D eigenvalue weighted by Crippen LogP contribution is -2.02. The maximum atomic E-state index is 12.3. The van der Waals surface area contributed by atoms with E-state index in [2.05, 4.69) is 39.7 Å². The highest BCUT2D eigenvalue weighted by Crippen LogP contribution is 2.34. The molecule has 1 aromatic carbocycles. The number of nitrogens with zero attached hydrogens (tertiary/aromatic N) is 2. The monoisotopic (exact) mass is 392 g/mol. The number of fused-ring (bicyclic) bond motifs is 1. The zero-order valence-corrected chi connectivity index (χ0v) is 15.3. The fourth-order valence-corrected chi connectivity index (χ4v) is 4.55. The van der Waals surface area contributed by atoms with Crippen LogP contribution >= 0.6 is 39.0 Å². The molecule has 0 N–H and O–H groups in total. The number of rotatable bonds is 4. The van der Waals surface area contributed by atoms with Crippen LogP contribution in [-0.2, 0) is 0 Å². The highest BCUT2D eigenvalue weighted by Gasteiger charge is 2.14. The number of carbonyl (C=O) groups is 1. The van der Waals surface area contributed by atoms with Gasteiger partial charge in [0.05, 0.1) is 5.75 Å². The van der Waals surface area contributed by atoms with Crippen LogP contribution in [0.25, 0.3) is 10.2 Å². The van der Waals surface area contributed by atoms with Gasteiger partial charge >= 0.3 is 0 Å². The third-order valence-electron chi connectivity index (χ3n) is 3.42. The van der Waals surface area contributed by atoms with Crippen LogP contribution in [-0.4, -0.2) is 21.5 Å². The molecule has 0 atom stereocenters. The van der Waals surface area contributed by atoms with Crippen molar-refractivity contribution in [2.45, 2.75) is 18.9 Å². The van der Waals surface area contributed by atoms with Crippen LogP contribution < -0.4 is 0 Å². The Kier molecular flexibility index (Phi) is 4.61. The Bertz CT molecular complexity index is 860. The lowest BCUT2D eigenvalue weighted by molar-refractivity contribution is 0.102. The lowest BCUT2D eigenvalue weighted by atomic mass is 10.2. The van der Waals surface area contributed by atoms with Gasteiger partial charge in [0.2, 0.25) is 0 Å². The van der Waals surface area contributed by atoms with Crippen LogP contribution in [0.2, 0.25) is 0 Å². The summed E-state index contributed by atoms with van der Waals surface area (Å²) in [5.74, 6) is 0.472. The Hall–Kier alpha value is -1.24. The second kappa shape index (κ2) is 6.48. The Morgan fingerprint density at radius 3 is 2.91 bits per heavy atom. The Labute approximate surface area is 145 Å². The summed E-state index contributed by atoms with van der Waals surface area (Å²) < 4.78 is 0.914. The molecule has 0 aliphatic carbocycles. The van der Waals surface area contributed by atoms with Crippen molar-refractivity contribution in [3.05, 3.63) is 51.1 Å². The van der Waals surface area contributed by atoms with E-state index in [9.17, 15) is 4.79 Å². The summed E-state index contributed by atoms with van der Waals surface area (Å²) in [5, 5.41) is 1.97. The summed E-state index contributed by atoms with van der Waals surface area (Å²) in [6.07, 6.45) is 1.57. The van der Waals surface area contributed by atoms with Crippen LogP contribution in [0.15, 0.2) is 40.1 Å². The highest BCUT2D eigenvalue weighted by molar-refractivity contribution is 9.10. The highest BCUT2D eigenvalue weighted by atomic mass is 79.9. The van der Waals surface area contributed by atoms with E-state index in [1.807, 2.05) is 24.3 Å². The molecule has 0 aliphatic heterocycles. The van der Waals surface area contributed by atoms with Crippen molar-refractivity contribution >= 4 is 55.0 Å². The third-order valence-corrected chi connectivity index (χ3v) is 6.02. The molecule has 22 heavy (non-hydrogen) atoms. The van der Waals surface area contributed by atoms with Gasteiger partial charge in [-0.15, -0.1) is 11.3 Å². The van der Waals surface area contributed by atoms with Crippen molar-refractivity contribution in [1.82, 2.24) is 9.97 Å². The normalized spacial score (nSPS) is 11.0. The van der Waals surface area contributed by atoms with E-state index in [0.717, 1.165) is 19.7 Å². The minimum Gasteiger partial charge on any atom is -0.293 e. The van der Waals surface area contributed by atoms with Gasteiger partial charge in [0, 0.05) is 20.3 Å². The molecule has 0 amide bonds. The first kappa shape index (κ1) is 15.6. The average Bonchev–Trinajstić information content (AvgIpc) is 2.80. The second-order valence-electron chi connectivity index (χ2n) is 4.86. The van der Waals surface area contributed by atoms with Gasteiger partial charge in [-0.1, -0.05) is 39.8 Å². The largest absolute Gasteiger partial charge is 0.293 e. The van der Waals surface area contributed by atoms with E-state index in [-0.39, 0.29) is 5.78 Å². The number of aromatic nitrogens is 2. The van der Waals surface area contributed by atoms with Crippen LogP contribution in [0, 0.1) is 13.8 Å². The molecular weight excluding hydrogens is 380 g/mol. The van der Waals surface area contributed by atoms with E-state index in [0.29, 0.717) is 11.3 Å². The van der Waals surface area contributed by atoms with Crippen LogP contribution in [0.3, 0.4) is 0 Å². The maximum Gasteiger partial charge on any atom is 0.173 e. The summed E-state index contributed by atoms with van der Waals surface area (Å²) in [6.45, 7) is 4.17. The fourth-order valence-electron chi connectivity index (χ4n) is 2.14. The van der Waals surface area contributed by atoms with Gasteiger partial charge in [-0.2, -0.15) is 0 Å². The molecule has 112 valence electrons. The zero-order valence-electron chi connectivity index (χ0n) is 12.1. The first-order chi connectivity index (χ1) is 10.6. The van der Waals surface area contributed by atoms with Gasteiger partial charge in [-0.3, -0.25) is 4.79 Å². The van der Waals surface area contributed by atoms with Gasteiger partial charge in [0.25, 0.3) is 0 Å². The zero-order chi connectivity index (χ0) is 15.7. The topological polar surface area (TPSA) is 42.9 Å². The number of thioether (sulfide) groups is 1. The van der Waals surface area contributed by atoms with Crippen molar-refractivity contribution in [1.29, 1.82) is 0 Å². The molecule has 2 heterocycles. The molecule has 2 aromatic heterocycles. The fraction of sp³-hybridized carbons (Fsp3) is 0.188. The molecule has 0 fully saturated rings. The number of hydrogen-bond donors (Lipinski definition) is 0. The van der Waals surface area contributed by atoms with E-state index < -0.39 is 0 Å². The first-order valence-electron chi connectivity index (χ1n) is 6.68. The molecule has 3 aromatic rings. The summed E-state index contributed by atoms with van der Waals surface area (Å²) in [7, 11) is 0. The number of carbonyl (C=O) groups excluding carboxylic acids is 1. The Morgan fingerprint density at radius 2 is 2.14 bits per heavy atom. The van der Waals surface area contributed by atoms with Crippen molar-refractivity contribution < 1.29 is 4.79 Å². The Morgan fingerprint density at radius 1 is 1.32 bits per heavy atom. The minimum absolute atomic E-state index is 0.0997. The maximum absolute atomic E-state index is 12.3. The van der Waals surface area contributed by atoms with Gasteiger partial charge in [-0.25, -0.2) is 9.97 Å². The van der Waals surface area contributed by atoms with Gasteiger partial charge in [0.1, 0.15) is 16.2 Å². The van der Waals surface area contributed by atoms with E-state index in [1.165, 1.54) is 22.2 Å². The van der Waals surface area contributed by atoms with Crippen LogP contribution in [0.1, 0.15) is 20.8 Å². The second-order valence-corrected chi connectivity index (χ2v) is 7.95. The molecule has 6 heteroatoms. The van der Waals surface area contributed by atoms with Gasteiger partial charge in [-0.05, 0) is 31.5 Å². The summed E-state index contributed by atoms with van der Waals surface area (Å²) >= 11 is 6.54. The van der Waals surface area contributed by atoms with Crippen molar-refractivity contribution in [3.8, 4) is 0 Å². The van der Waals surface area contributed by atoms with Crippen LogP contribution in [0.5, 0.6) is 0 Å². The predicted octanol–water partition coefficient (Wildman–Crippen LogP) is 5.05. The average molecular weight is 393 g/mol. The number of thiophene rings is 1. The van der Waals surface area contributed by atoms with Crippen molar-refractivity contribution in [3.63, 3.8) is 0 Å². The molecular formula is C16H13BrN2OS2. The SMILES string of the molecule is Cc1sc2ncnc(SCC(=O)c3cccc(Br)c3)c2c1C. The summed E-state index contributed by atoms with van der Waals surface area (Å²) in [6, 6.07) is 7.47. The molecule has 0 aliphatic rings. The molecule has 0 saturated heterocycles. The lowest BCUT2D eigenvalue weighted by Gasteiger charge is -2.04. The molecule has 0 saturated carbocycles. The van der Waals surface area contributed by atoms with Gasteiger partial charge < -0.3 is 0 Å². The quantitative estimate of drug-likeness (QED) is 0.354. The smallest absolute Gasteiger partial charge is 0.173 e. The summed E-state index contributed by atoms with van der Waals surface area (Å²) in [5.41, 5.74) is 1.92. The minimum atomic E-state index is 0.0997. The van der Waals surface area contributed by atoms with E-state index >= 15 is 0 Å². The van der Waals surface area contributed by atoms with E-state index in [4.69, 9.17) is 0 Å². The molecule has 3 nitrogen and oxygen atoms in total. The molecule has 0 bridgehead atoms. The van der Waals surface area contributed by atoms with Crippen molar-refractivity contribution in [2.24, 2.45) is 0 Å². The number of aryl methyl sites for hydroxylation is 2. The number of Topliss-reactive ketones (excluding diaryl/α,β-unsaturated/α-hetero) is 1. The van der Waals surface area contributed by atoms with Crippen LogP contribution in [0.4, 0.5) is 0 Å². The number of halogens is 1. The first-order valence-corrected chi connectivity index (χ1v) is 9.28. The molecule has 0 spiro atoms. The standard InChI is InChI=1S/C16H13BrN2OS2/c1-9-10(2)22-16-14(9)15(18-8-19-16)21-7-13(20)11-4-3-5-12(17)6-11/h3-6,8H,7H2,1-2H3. The van der Waals surface area contributed by atoms with Crippen molar-refractivity contribution in [2.75, 3.05) is 5.75 Å². The predicted molar refractivity (Wildman–Crippen MR) is 96.1 cm³/mol. The third kappa shape index (κ3) is 3.09.